The van der Waals surface area contributed by atoms with Gasteiger partial charge in [0.05, 0.1) is 18.9 Å². The Labute approximate surface area is 95.7 Å². The maximum atomic E-state index is 8.82. The van der Waals surface area contributed by atoms with Crippen LogP contribution in [-0.4, -0.2) is 21.9 Å². The van der Waals surface area contributed by atoms with Gasteiger partial charge in [0.15, 0.2) is 0 Å². The van der Waals surface area contributed by atoms with E-state index in [0.717, 1.165) is 6.61 Å². The average Bonchev–Trinajstić information content (AvgIpc) is 2.38. The SMILES string of the molecule is OCc1ccc(OCC2CCCCC2)nn1. The Morgan fingerprint density at radius 3 is 2.62 bits per heavy atom. The molecule has 4 heteroatoms. The normalized spacial score (nSPS) is 17.3. The Balaban J connectivity index is 1.79. The largest absolute Gasteiger partial charge is 0.476 e. The van der Waals surface area contributed by atoms with Crippen LogP contribution in [0, 0.1) is 5.92 Å². The van der Waals surface area contributed by atoms with Crippen molar-refractivity contribution in [2.75, 3.05) is 6.61 Å². The molecule has 1 saturated carbocycles. The van der Waals surface area contributed by atoms with Crippen molar-refractivity contribution < 1.29 is 9.84 Å². The summed E-state index contributed by atoms with van der Waals surface area (Å²) in [6, 6.07) is 3.50. The van der Waals surface area contributed by atoms with Crippen LogP contribution in [0.25, 0.3) is 0 Å². The summed E-state index contributed by atoms with van der Waals surface area (Å²) in [6.07, 6.45) is 6.54. The number of aliphatic hydroxyl groups is 1. The molecule has 0 radical (unpaired) electrons. The monoisotopic (exact) mass is 222 g/mol. The van der Waals surface area contributed by atoms with Crippen molar-refractivity contribution in [2.45, 2.75) is 38.7 Å². The fourth-order valence-corrected chi connectivity index (χ4v) is 2.07. The molecule has 88 valence electrons. The lowest BCUT2D eigenvalue weighted by Gasteiger charge is -2.21. The first-order chi connectivity index (χ1) is 7.88. The summed E-state index contributed by atoms with van der Waals surface area (Å²) in [4.78, 5) is 0. The van der Waals surface area contributed by atoms with E-state index in [1.54, 1.807) is 12.1 Å². The van der Waals surface area contributed by atoms with E-state index < -0.39 is 0 Å². The second-order valence-corrected chi connectivity index (χ2v) is 4.34. The van der Waals surface area contributed by atoms with Gasteiger partial charge in [0.1, 0.15) is 0 Å². The number of hydrogen-bond donors (Lipinski definition) is 1. The highest BCUT2D eigenvalue weighted by molar-refractivity contribution is 5.10. The van der Waals surface area contributed by atoms with Gasteiger partial charge in [-0.25, -0.2) is 0 Å². The predicted octanol–water partition coefficient (Wildman–Crippen LogP) is 1.93. The van der Waals surface area contributed by atoms with Crippen molar-refractivity contribution in [2.24, 2.45) is 5.92 Å². The minimum absolute atomic E-state index is 0.0735. The summed E-state index contributed by atoms with van der Waals surface area (Å²) in [6.45, 7) is 0.670. The second kappa shape index (κ2) is 5.80. The molecular weight excluding hydrogens is 204 g/mol. The molecular formula is C12H18N2O2. The van der Waals surface area contributed by atoms with Gasteiger partial charge in [0, 0.05) is 6.07 Å². The Bertz CT molecular complexity index is 307. The maximum Gasteiger partial charge on any atom is 0.233 e. The molecule has 0 aromatic carbocycles. The van der Waals surface area contributed by atoms with Crippen LogP contribution in [-0.2, 0) is 6.61 Å². The lowest BCUT2D eigenvalue weighted by molar-refractivity contribution is 0.200. The zero-order chi connectivity index (χ0) is 11.2. The topological polar surface area (TPSA) is 55.2 Å². The maximum absolute atomic E-state index is 8.82. The number of aromatic nitrogens is 2. The highest BCUT2D eigenvalue weighted by atomic mass is 16.5. The molecule has 0 unspecified atom stereocenters. The van der Waals surface area contributed by atoms with Crippen molar-refractivity contribution >= 4 is 0 Å². The van der Waals surface area contributed by atoms with E-state index in [4.69, 9.17) is 9.84 Å². The van der Waals surface area contributed by atoms with Gasteiger partial charge < -0.3 is 9.84 Å². The Morgan fingerprint density at radius 2 is 2.00 bits per heavy atom. The van der Waals surface area contributed by atoms with Gasteiger partial charge in [0.25, 0.3) is 0 Å². The number of ether oxygens (including phenoxy) is 1. The molecule has 1 aromatic rings. The molecule has 1 N–H and O–H groups in total. The van der Waals surface area contributed by atoms with E-state index in [2.05, 4.69) is 10.2 Å². The van der Waals surface area contributed by atoms with E-state index in [0.29, 0.717) is 17.5 Å². The quantitative estimate of drug-likeness (QED) is 0.845. The van der Waals surface area contributed by atoms with Crippen LogP contribution < -0.4 is 4.74 Å². The van der Waals surface area contributed by atoms with E-state index in [1.807, 2.05) is 0 Å². The molecule has 1 aliphatic rings. The molecule has 0 spiro atoms. The zero-order valence-electron chi connectivity index (χ0n) is 9.43. The first kappa shape index (κ1) is 11.3. The highest BCUT2D eigenvalue weighted by Gasteiger charge is 2.14. The predicted molar refractivity (Wildman–Crippen MR) is 60.0 cm³/mol. The van der Waals surface area contributed by atoms with Crippen molar-refractivity contribution in [3.05, 3.63) is 17.8 Å². The Kier molecular flexibility index (Phi) is 4.10. The summed E-state index contributed by atoms with van der Waals surface area (Å²) in [5.74, 6) is 1.23. The van der Waals surface area contributed by atoms with Crippen molar-refractivity contribution in [3.63, 3.8) is 0 Å². The first-order valence-corrected chi connectivity index (χ1v) is 5.95. The molecule has 1 heterocycles. The molecule has 0 saturated heterocycles. The third-order valence-corrected chi connectivity index (χ3v) is 3.05. The van der Waals surface area contributed by atoms with Crippen LogP contribution in [0.2, 0.25) is 0 Å². The lowest BCUT2D eigenvalue weighted by atomic mass is 9.90. The summed E-state index contributed by atoms with van der Waals surface area (Å²) in [5.41, 5.74) is 0.574. The number of aliphatic hydroxyl groups excluding tert-OH is 1. The van der Waals surface area contributed by atoms with Crippen LogP contribution in [0.5, 0.6) is 5.88 Å². The molecule has 4 nitrogen and oxygen atoms in total. The molecule has 16 heavy (non-hydrogen) atoms. The van der Waals surface area contributed by atoms with Crippen molar-refractivity contribution in [1.82, 2.24) is 10.2 Å². The highest BCUT2D eigenvalue weighted by Crippen LogP contribution is 2.24. The van der Waals surface area contributed by atoms with Gasteiger partial charge in [-0.05, 0) is 24.8 Å². The van der Waals surface area contributed by atoms with Crippen LogP contribution in [0.15, 0.2) is 12.1 Å². The third kappa shape index (κ3) is 3.17. The smallest absolute Gasteiger partial charge is 0.233 e. The summed E-state index contributed by atoms with van der Waals surface area (Å²) in [5, 5.41) is 16.6. The Morgan fingerprint density at radius 1 is 1.19 bits per heavy atom. The number of rotatable bonds is 4. The summed E-state index contributed by atoms with van der Waals surface area (Å²) in [7, 11) is 0. The van der Waals surface area contributed by atoms with Gasteiger partial charge in [-0.15, -0.1) is 10.2 Å². The van der Waals surface area contributed by atoms with Crippen LogP contribution >= 0.6 is 0 Å². The molecule has 1 aliphatic carbocycles. The number of nitrogens with zero attached hydrogens (tertiary/aromatic N) is 2. The standard InChI is InChI=1S/C12H18N2O2/c15-8-11-6-7-12(14-13-11)16-9-10-4-2-1-3-5-10/h6-7,10,15H,1-5,8-9H2. The van der Waals surface area contributed by atoms with Gasteiger partial charge >= 0.3 is 0 Å². The molecule has 0 aliphatic heterocycles. The fraction of sp³-hybridized carbons (Fsp3) is 0.667. The third-order valence-electron chi connectivity index (χ3n) is 3.05. The number of hydrogen-bond acceptors (Lipinski definition) is 4. The van der Waals surface area contributed by atoms with Crippen molar-refractivity contribution in [1.29, 1.82) is 0 Å². The minimum Gasteiger partial charge on any atom is -0.476 e. The molecule has 2 rings (SSSR count). The molecule has 1 aromatic heterocycles. The van der Waals surface area contributed by atoms with Crippen LogP contribution in [0.4, 0.5) is 0 Å². The van der Waals surface area contributed by atoms with E-state index in [1.165, 1.54) is 32.1 Å². The Hall–Kier alpha value is -1.16. The van der Waals surface area contributed by atoms with Gasteiger partial charge in [-0.3, -0.25) is 0 Å². The molecule has 1 fully saturated rings. The molecule has 0 amide bonds. The van der Waals surface area contributed by atoms with Gasteiger partial charge in [-0.2, -0.15) is 0 Å². The van der Waals surface area contributed by atoms with Gasteiger partial charge in [0.2, 0.25) is 5.88 Å². The zero-order valence-corrected chi connectivity index (χ0v) is 9.43. The van der Waals surface area contributed by atoms with Gasteiger partial charge in [-0.1, -0.05) is 19.3 Å². The lowest BCUT2D eigenvalue weighted by Crippen LogP contribution is -2.15. The van der Waals surface area contributed by atoms with Crippen molar-refractivity contribution in [3.8, 4) is 5.88 Å². The van der Waals surface area contributed by atoms with E-state index in [9.17, 15) is 0 Å². The van der Waals surface area contributed by atoms with Crippen LogP contribution in [0.3, 0.4) is 0 Å². The molecule has 0 bridgehead atoms. The van der Waals surface area contributed by atoms with E-state index in [-0.39, 0.29) is 6.61 Å². The average molecular weight is 222 g/mol. The summed E-state index contributed by atoms with van der Waals surface area (Å²) >= 11 is 0. The summed E-state index contributed by atoms with van der Waals surface area (Å²) < 4.78 is 5.59. The fourth-order valence-electron chi connectivity index (χ4n) is 2.07. The molecule has 0 atom stereocenters. The van der Waals surface area contributed by atoms with E-state index >= 15 is 0 Å². The second-order valence-electron chi connectivity index (χ2n) is 4.34. The first-order valence-electron chi connectivity index (χ1n) is 5.95. The van der Waals surface area contributed by atoms with Crippen LogP contribution in [0.1, 0.15) is 37.8 Å². The minimum atomic E-state index is -0.0735.